The molecule has 1 aromatic heterocycles. The first kappa shape index (κ1) is 26.1. The van der Waals surface area contributed by atoms with Crippen LogP contribution in [0, 0.1) is 10.5 Å². The number of anilines is 1. The van der Waals surface area contributed by atoms with Crippen molar-refractivity contribution in [2.75, 3.05) is 5.32 Å². The lowest BCUT2D eigenvalue weighted by Crippen LogP contribution is -2.26. The lowest BCUT2D eigenvalue weighted by atomic mass is 10.1. The molecule has 190 valence electrons. The van der Waals surface area contributed by atoms with Gasteiger partial charge in [-0.2, -0.15) is 22.5 Å². The first-order chi connectivity index (χ1) is 17.5. The van der Waals surface area contributed by atoms with Gasteiger partial charge in [0.15, 0.2) is 0 Å². The molecule has 0 aliphatic carbocycles. The SMILES string of the molecule is Cc1cc(Cn2nnn(-c3ccccc3C(F)(F)F)c2=O)ccc1NC(=O)c1c(I)cccc1C(N)=O. The molecule has 9 nitrogen and oxygen atoms in total. The smallest absolute Gasteiger partial charge is 0.366 e. The monoisotopic (exact) mass is 622 g/mol. The summed E-state index contributed by atoms with van der Waals surface area (Å²) in [6.45, 7) is 1.66. The first-order valence-corrected chi connectivity index (χ1v) is 11.7. The standard InChI is InChI=1S/C24H18F3IN6O3/c1-13-11-14(9-10-18(13)30-22(36)20-15(21(29)35)5-4-7-17(20)28)12-33-23(37)34(32-31-33)19-8-3-2-6-16(19)24(25,26)27/h2-11H,12H2,1H3,(H2,29,35)(H,30,36). The number of carbonyl (C=O) groups is 2. The van der Waals surface area contributed by atoms with Gasteiger partial charge in [-0.05, 0) is 81.4 Å². The fourth-order valence-corrected chi connectivity index (χ4v) is 4.45. The van der Waals surface area contributed by atoms with Crippen LogP contribution in [0.3, 0.4) is 0 Å². The molecule has 0 unspecified atom stereocenters. The Labute approximate surface area is 221 Å². The van der Waals surface area contributed by atoms with Crippen LogP contribution in [0.5, 0.6) is 0 Å². The number of hydrogen-bond acceptors (Lipinski definition) is 5. The van der Waals surface area contributed by atoms with Gasteiger partial charge in [-0.3, -0.25) is 9.59 Å². The average molecular weight is 622 g/mol. The quantitative estimate of drug-likeness (QED) is 0.317. The molecule has 2 amide bonds. The molecular weight excluding hydrogens is 604 g/mol. The number of aromatic nitrogens is 4. The van der Waals surface area contributed by atoms with Crippen LogP contribution in [0.4, 0.5) is 18.9 Å². The fourth-order valence-electron chi connectivity index (χ4n) is 3.71. The van der Waals surface area contributed by atoms with E-state index < -0.39 is 34.9 Å². The molecular formula is C24H18F3IN6O3. The predicted octanol–water partition coefficient (Wildman–Crippen LogP) is 3.76. The molecule has 0 radical (unpaired) electrons. The summed E-state index contributed by atoms with van der Waals surface area (Å²) in [5.74, 6) is -1.25. The van der Waals surface area contributed by atoms with Crippen molar-refractivity contribution in [1.29, 1.82) is 0 Å². The van der Waals surface area contributed by atoms with Gasteiger partial charge in [-0.1, -0.05) is 30.3 Å². The Bertz CT molecular complexity index is 1580. The summed E-state index contributed by atoms with van der Waals surface area (Å²) in [6, 6.07) is 14.3. The number of nitrogens with two attached hydrogens (primary N) is 1. The lowest BCUT2D eigenvalue weighted by Gasteiger charge is -2.13. The maximum absolute atomic E-state index is 13.4. The Morgan fingerprint density at radius 3 is 2.46 bits per heavy atom. The summed E-state index contributed by atoms with van der Waals surface area (Å²) in [4.78, 5) is 37.4. The van der Waals surface area contributed by atoms with Crippen molar-refractivity contribution in [3.63, 3.8) is 0 Å². The number of benzene rings is 3. The van der Waals surface area contributed by atoms with Crippen molar-refractivity contribution in [3.05, 3.63) is 103 Å². The van der Waals surface area contributed by atoms with Crippen molar-refractivity contribution < 1.29 is 22.8 Å². The minimum Gasteiger partial charge on any atom is -0.366 e. The first-order valence-electron chi connectivity index (χ1n) is 10.7. The highest BCUT2D eigenvalue weighted by atomic mass is 127. The van der Waals surface area contributed by atoms with E-state index >= 15 is 0 Å². The number of halogens is 4. The van der Waals surface area contributed by atoms with Gasteiger partial charge in [0.2, 0.25) is 5.91 Å². The molecule has 0 fully saturated rings. The maximum atomic E-state index is 13.4. The number of aryl methyl sites for hydroxylation is 1. The third kappa shape index (κ3) is 5.40. The molecule has 13 heteroatoms. The van der Waals surface area contributed by atoms with E-state index in [-0.39, 0.29) is 17.7 Å². The van der Waals surface area contributed by atoms with Crippen LogP contribution < -0.4 is 16.7 Å². The van der Waals surface area contributed by atoms with E-state index in [1.54, 1.807) is 37.3 Å². The van der Waals surface area contributed by atoms with Crippen LogP contribution in [0.25, 0.3) is 5.69 Å². The predicted molar refractivity (Wildman–Crippen MR) is 137 cm³/mol. The highest BCUT2D eigenvalue weighted by Gasteiger charge is 2.34. The van der Waals surface area contributed by atoms with Crippen LogP contribution in [0.1, 0.15) is 37.4 Å². The Morgan fingerprint density at radius 2 is 1.78 bits per heavy atom. The van der Waals surface area contributed by atoms with E-state index in [0.29, 0.717) is 25.1 Å². The molecule has 0 aliphatic heterocycles. The van der Waals surface area contributed by atoms with Gasteiger partial charge in [0.1, 0.15) is 0 Å². The minimum atomic E-state index is -4.67. The van der Waals surface area contributed by atoms with E-state index in [9.17, 15) is 27.6 Å². The second kappa shape index (κ2) is 10.2. The topological polar surface area (TPSA) is 125 Å². The van der Waals surface area contributed by atoms with Crippen LogP contribution in [0.2, 0.25) is 0 Å². The van der Waals surface area contributed by atoms with Crippen LogP contribution >= 0.6 is 22.6 Å². The summed E-state index contributed by atoms with van der Waals surface area (Å²) in [7, 11) is 0. The molecule has 37 heavy (non-hydrogen) atoms. The molecule has 0 saturated carbocycles. The number of hydrogen-bond donors (Lipinski definition) is 2. The maximum Gasteiger partial charge on any atom is 0.418 e. The third-order valence-electron chi connectivity index (χ3n) is 5.45. The minimum absolute atomic E-state index is 0.0650. The Hall–Kier alpha value is -4.01. The van der Waals surface area contributed by atoms with E-state index in [2.05, 4.69) is 15.7 Å². The molecule has 3 N–H and O–H groups in total. The number of rotatable bonds is 6. The number of nitrogens with zero attached hydrogens (tertiary/aromatic N) is 4. The number of carbonyl (C=O) groups excluding carboxylic acids is 2. The number of alkyl halides is 3. The largest absolute Gasteiger partial charge is 0.418 e. The number of para-hydroxylation sites is 1. The van der Waals surface area contributed by atoms with E-state index in [4.69, 9.17) is 5.73 Å². The summed E-state index contributed by atoms with van der Waals surface area (Å²) < 4.78 is 42.2. The second-order valence-corrected chi connectivity index (χ2v) is 9.14. The number of amides is 2. The molecule has 0 aliphatic rings. The zero-order chi connectivity index (χ0) is 26.9. The fraction of sp³-hybridized carbons (Fsp3) is 0.125. The van der Waals surface area contributed by atoms with Crippen LogP contribution in [-0.4, -0.2) is 31.6 Å². The van der Waals surface area contributed by atoms with E-state index in [1.807, 2.05) is 22.6 Å². The van der Waals surface area contributed by atoms with Crippen LogP contribution in [0.15, 0.2) is 65.5 Å². The van der Waals surface area contributed by atoms with Crippen molar-refractivity contribution in [2.24, 2.45) is 5.73 Å². The van der Waals surface area contributed by atoms with Gasteiger partial charge in [-0.25, -0.2) is 4.79 Å². The summed E-state index contributed by atoms with van der Waals surface area (Å²) in [5.41, 5.74) is 5.06. The Balaban J connectivity index is 1.57. The van der Waals surface area contributed by atoms with Gasteiger partial charge in [0.25, 0.3) is 5.91 Å². The summed E-state index contributed by atoms with van der Waals surface area (Å²) in [5, 5.41) is 10.1. The zero-order valence-electron chi connectivity index (χ0n) is 19.1. The third-order valence-corrected chi connectivity index (χ3v) is 6.35. The second-order valence-electron chi connectivity index (χ2n) is 7.98. The van der Waals surface area contributed by atoms with Crippen LogP contribution in [-0.2, 0) is 12.7 Å². The number of tetrazole rings is 1. The van der Waals surface area contributed by atoms with E-state index in [1.165, 1.54) is 18.2 Å². The Morgan fingerprint density at radius 1 is 1.05 bits per heavy atom. The number of primary amides is 1. The molecule has 4 rings (SSSR count). The van der Waals surface area contributed by atoms with Gasteiger partial charge in [0.05, 0.1) is 28.9 Å². The normalized spacial score (nSPS) is 11.4. The summed E-state index contributed by atoms with van der Waals surface area (Å²) >= 11 is 1.94. The van der Waals surface area contributed by atoms with Gasteiger partial charge >= 0.3 is 11.9 Å². The summed E-state index contributed by atoms with van der Waals surface area (Å²) in [6.07, 6.45) is -4.67. The van der Waals surface area contributed by atoms with Crippen molar-refractivity contribution in [3.8, 4) is 5.69 Å². The molecule has 4 aromatic rings. The van der Waals surface area contributed by atoms with Gasteiger partial charge in [-0.15, -0.1) is 0 Å². The number of nitrogens with one attached hydrogen (secondary N) is 1. The van der Waals surface area contributed by atoms with Gasteiger partial charge < -0.3 is 11.1 Å². The van der Waals surface area contributed by atoms with Crippen molar-refractivity contribution in [2.45, 2.75) is 19.6 Å². The lowest BCUT2D eigenvalue weighted by molar-refractivity contribution is -0.137. The van der Waals surface area contributed by atoms with Crippen molar-refractivity contribution in [1.82, 2.24) is 19.8 Å². The molecule has 0 spiro atoms. The molecule has 3 aromatic carbocycles. The molecule has 1 heterocycles. The Kier molecular flexibility index (Phi) is 7.16. The average Bonchev–Trinajstić information content (AvgIpc) is 3.19. The highest BCUT2D eigenvalue weighted by molar-refractivity contribution is 14.1. The van der Waals surface area contributed by atoms with Gasteiger partial charge in [0, 0.05) is 9.26 Å². The molecule has 0 atom stereocenters. The molecule has 0 bridgehead atoms. The molecule has 0 saturated heterocycles. The van der Waals surface area contributed by atoms with Crippen molar-refractivity contribution >= 4 is 40.1 Å². The zero-order valence-corrected chi connectivity index (χ0v) is 21.2. The highest BCUT2D eigenvalue weighted by Crippen LogP contribution is 2.32. The van der Waals surface area contributed by atoms with E-state index in [0.717, 1.165) is 16.8 Å².